The van der Waals surface area contributed by atoms with Crippen molar-refractivity contribution in [2.45, 2.75) is 19.8 Å². The normalized spacial score (nSPS) is 12.1. The van der Waals surface area contributed by atoms with Crippen LogP contribution in [0.3, 0.4) is 0 Å². The van der Waals surface area contributed by atoms with E-state index >= 15 is 0 Å². The summed E-state index contributed by atoms with van der Waals surface area (Å²) in [6.45, 7) is 2.58. The number of ether oxygens (including phenoxy) is 3. The van der Waals surface area contributed by atoms with Crippen LogP contribution in [0.4, 0.5) is 0 Å². The molecule has 1 aliphatic rings. The van der Waals surface area contributed by atoms with Gasteiger partial charge in [-0.2, -0.15) is 0 Å². The van der Waals surface area contributed by atoms with Crippen molar-refractivity contribution in [1.29, 1.82) is 0 Å². The smallest absolute Gasteiger partial charge is 0.231 e. The number of fused-ring (bicyclic) bond motifs is 1. The fourth-order valence-corrected chi connectivity index (χ4v) is 3.10. The van der Waals surface area contributed by atoms with E-state index in [0.717, 1.165) is 23.3 Å². The fraction of sp³-hybridized carbons (Fsp3) is 0.273. The second-order valence-electron chi connectivity index (χ2n) is 6.71. The van der Waals surface area contributed by atoms with Crippen LogP contribution in [0.2, 0.25) is 0 Å². The van der Waals surface area contributed by atoms with Gasteiger partial charge < -0.3 is 23.9 Å². The van der Waals surface area contributed by atoms with Crippen molar-refractivity contribution in [2.75, 3.05) is 20.4 Å². The highest BCUT2D eigenvalue weighted by molar-refractivity contribution is 5.78. The molecule has 1 amide bonds. The Morgan fingerprint density at radius 2 is 1.93 bits per heavy atom. The van der Waals surface area contributed by atoms with E-state index in [9.17, 15) is 4.79 Å². The topological polar surface area (TPSA) is 82.8 Å². The van der Waals surface area contributed by atoms with Crippen molar-refractivity contribution in [3.63, 3.8) is 0 Å². The quantitative estimate of drug-likeness (QED) is 0.662. The molecule has 29 heavy (non-hydrogen) atoms. The number of amides is 1. The zero-order valence-electron chi connectivity index (χ0n) is 16.4. The lowest BCUT2D eigenvalue weighted by molar-refractivity contribution is -0.120. The summed E-state index contributed by atoms with van der Waals surface area (Å²) in [5.41, 5.74) is 2.54. The summed E-state index contributed by atoms with van der Waals surface area (Å²) in [6, 6.07) is 13.3. The molecule has 0 unspecified atom stereocenters. The lowest BCUT2D eigenvalue weighted by Crippen LogP contribution is -2.27. The SMILES string of the molecule is COc1ccc(CCNC(=O)Cc2nc(-c3ccc4c(c3)OCO4)oc2C)cc1. The van der Waals surface area contributed by atoms with Gasteiger partial charge in [0.25, 0.3) is 0 Å². The van der Waals surface area contributed by atoms with Crippen LogP contribution >= 0.6 is 0 Å². The molecule has 0 saturated carbocycles. The Kier molecular flexibility index (Phi) is 5.37. The number of oxazole rings is 1. The van der Waals surface area contributed by atoms with Crippen molar-refractivity contribution < 1.29 is 23.4 Å². The number of hydrogen-bond acceptors (Lipinski definition) is 6. The van der Waals surface area contributed by atoms with E-state index in [2.05, 4.69) is 10.3 Å². The molecule has 0 radical (unpaired) electrons. The number of methoxy groups -OCH3 is 1. The van der Waals surface area contributed by atoms with Gasteiger partial charge in [0.15, 0.2) is 11.5 Å². The van der Waals surface area contributed by atoms with Gasteiger partial charge in [-0.05, 0) is 49.2 Å². The molecule has 1 N–H and O–H groups in total. The van der Waals surface area contributed by atoms with Crippen molar-refractivity contribution in [2.24, 2.45) is 0 Å². The molecule has 7 nitrogen and oxygen atoms in total. The first kappa shape index (κ1) is 18.9. The molecule has 1 aliphatic heterocycles. The number of hydrogen-bond donors (Lipinski definition) is 1. The second-order valence-corrected chi connectivity index (χ2v) is 6.71. The van der Waals surface area contributed by atoms with Crippen molar-refractivity contribution in [1.82, 2.24) is 10.3 Å². The average Bonchev–Trinajstić information content (AvgIpc) is 3.34. The Morgan fingerprint density at radius 1 is 1.14 bits per heavy atom. The maximum Gasteiger partial charge on any atom is 0.231 e. The summed E-state index contributed by atoms with van der Waals surface area (Å²) >= 11 is 0. The van der Waals surface area contributed by atoms with Gasteiger partial charge in [0, 0.05) is 12.1 Å². The summed E-state index contributed by atoms with van der Waals surface area (Å²) in [4.78, 5) is 16.8. The predicted octanol–water partition coefficient (Wildman–Crippen LogP) is 3.29. The lowest BCUT2D eigenvalue weighted by Gasteiger charge is -2.05. The standard InChI is InChI=1S/C22H22N2O5/c1-14-18(12-21(25)23-10-9-15-3-6-17(26-2)7-4-15)24-22(29-14)16-5-8-19-20(11-16)28-13-27-19/h3-8,11H,9-10,12-13H2,1-2H3,(H,23,25). The number of carbonyl (C=O) groups is 1. The molecule has 3 aromatic rings. The van der Waals surface area contributed by atoms with Crippen molar-refractivity contribution in [3.05, 3.63) is 59.5 Å². The molecule has 2 aromatic carbocycles. The molecule has 0 saturated heterocycles. The van der Waals surface area contributed by atoms with Crippen LogP contribution in [0.15, 0.2) is 46.9 Å². The number of carbonyl (C=O) groups excluding carboxylic acids is 1. The molecule has 2 heterocycles. The predicted molar refractivity (Wildman–Crippen MR) is 106 cm³/mol. The van der Waals surface area contributed by atoms with Crippen LogP contribution in [-0.2, 0) is 17.6 Å². The first-order valence-electron chi connectivity index (χ1n) is 9.38. The van der Waals surface area contributed by atoms with Crippen LogP contribution in [0.5, 0.6) is 17.2 Å². The van der Waals surface area contributed by atoms with Crippen LogP contribution in [0, 0.1) is 6.92 Å². The Bertz CT molecular complexity index is 1010. The molecule has 1 aromatic heterocycles. The Balaban J connectivity index is 1.33. The lowest BCUT2D eigenvalue weighted by atomic mass is 10.1. The third kappa shape index (κ3) is 4.34. The number of benzene rings is 2. The molecule has 4 rings (SSSR count). The summed E-state index contributed by atoms with van der Waals surface area (Å²) in [5.74, 6) is 3.18. The van der Waals surface area contributed by atoms with E-state index in [1.54, 1.807) is 7.11 Å². The third-order valence-corrected chi connectivity index (χ3v) is 4.74. The number of rotatable bonds is 7. The van der Waals surface area contributed by atoms with Gasteiger partial charge in [0.1, 0.15) is 11.5 Å². The molecule has 7 heteroatoms. The molecular weight excluding hydrogens is 372 g/mol. The molecule has 150 valence electrons. The third-order valence-electron chi connectivity index (χ3n) is 4.74. The van der Waals surface area contributed by atoms with Gasteiger partial charge in [-0.25, -0.2) is 4.98 Å². The molecular formula is C22H22N2O5. The van der Waals surface area contributed by atoms with E-state index < -0.39 is 0 Å². The van der Waals surface area contributed by atoms with Crippen LogP contribution < -0.4 is 19.5 Å². The molecule has 0 bridgehead atoms. The summed E-state index contributed by atoms with van der Waals surface area (Å²) in [5, 5.41) is 2.93. The minimum absolute atomic E-state index is 0.0906. The minimum Gasteiger partial charge on any atom is -0.497 e. The zero-order valence-corrected chi connectivity index (χ0v) is 16.4. The minimum atomic E-state index is -0.0906. The van der Waals surface area contributed by atoms with Crippen molar-refractivity contribution in [3.8, 4) is 28.7 Å². The maximum absolute atomic E-state index is 12.3. The summed E-state index contributed by atoms with van der Waals surface area (Å²) in [6.07, 6.45) is 0.915. The number of nitrogens with one attached hydrogen (secondary N) is 1. The first-order valence-corrected chi connectivity index (χ1v) is 9.38. The van der Waals surface area contributed by atoms with E-state index in [1.807, 2.05) is 49.4 Å². The van der Waals surface area contributed by atoms with Crippen molar-refractivity contribution >= 4 is 5.91 Å². The van der Waals surface area contributed by atoms with E-state index in [1.165, 1.54) is 0 Å². The average molecular weight is 394 g/mol. The first-order chi connectivity index (χ1) is 14.1. The highest BCUT2D eigenvalue weighted by Crippen LogP contribution is 2.36. The Labute approximate surface area is 168 Å². The molecule has 0 fully saturated rings. The summed E-state index contributed by atoms with van der Waals surface area (Å²) in [7, 11) is 1.64. The van der Waals surface area contributed by atoms with Gasteiger partial charge >= 0.3 is 0 Å². The number of aromatic nitrogens is 1. The van der Waals surface area contributed by atoms with Gasteiger partial charge in [-0.15, -0.1) is 0 Å². The highest BCUT2D eigenvalue weighted by atomic mass is 16.7. The largest absolute Gasteiger partial charge is 0.497 e. The van der Waals surface area contributed by atoms with Gasteiger partial charge in [0.05, 0.1) is 19.2 Å². The van der Waals surface area contributed by atoms with E-state index in [0.29, 0.717) is 35.4 Å². The van der Waals surface area contributed by atoms with Crippen LogP contribution in [0.1, 0.15) is 17.0 Å². The Morgan fingerprint density at radius 3 is 2.72 bits per heavy atom. The molecule has 0 atom stereocenters. The highest BCUT2D eigenvalue weighted by Gasteiger charge is 2.18. The molecule has 0 aliphatic carbocycles. The summed E-state index contributed by atoms with van der Waals surface area (Å²) < 4.78 is 21.6. The van der Waals surface area contributed by atoms with E-state index in [4.69, 9.17) is 18.6 Å². The van der Waals surface area contributed by atoms with Crippen LogP contribution in [-0.4, -0.2) is 31.3 Å². The van der Waals surface area contributed by atoms with Crippen LogP contribution in [0.25, 0.3) is 11.5 Å². The van der Waals surface area contributed by atoms with E-state index in [-0.39, 0.29) is 19.1 Å². The fourth-order valence-electron chi connectivity index (χ4n) is 3.10. The van der Waals surface area contributed by atoms with Gasteiger partial charge in [-0.1, -0.05) is 12.1 Å². The van der Waals surface area contributed by atoms with Gasteiger partial charge in [0.2, 0.25) is 18.6 Å². The van der Waals surface area contributed by atoms with Gasteiger partial charge in [-0.3, -0.25) is 4.79 Å². The zero-order chi connectivity index (χ0) is 20.2. The number of aryl methyl sites for hydroxylation is 1. The second kappa shape index (κ2) is 8.26. The number of nitrogens with zero attached hydrogens (tertiary/aromatic N) is 1. The Hall–Kier alpha value is -3.48. The molecule has 0 spiro atoms. The maximum atomic E-state index is 12.3. The monoisotopic (exact) mass is 394 g/mol.